The second kappa shape index (κ2) is 4.35. The van der Waals surface area contributed by atoms with E-state index < -0.39 is 0 Å². The van der Waals surface area contributed by atoms with Gasteiger partial charge in [-0.15, -0.1) is 11.8 Å². The lowest BCUT2D eigenvalue weighted by molar-refractivity contribution is 0.132. The Bertz CT molecular complexity index is 364. The second-order valence-electron chi connectivity index (χ2n) is 5.46. The van der Waals surface area contributed by atoms with Gasteiger partial charge in [0.15, 0.2) is 0 Å². The summed E-state index contributed by atoms with van der Waals surface area (Å²) in [5.41, 5.74) is 6.41. The number of rotatable bonds is 3. The molecule has 0 saturated heterocycles. The molecule has 3 heteroatoms. The van der Waals surface area contributed by atoms with Crippen molar-refractivity contribution >= 4 is 27.7 Å². The fraction of sp³-hybridized carbons (Fsp3) is 0.538. The molecule has 1 nitrogen and oxygen atoms in total. The Morgan fingerprint density at radius 1 is 1.25 bits per heavy atom. The Kier molecular flexibility index (Phi) is 3.39. The first-order valence-electron chi connectivity index (χ1n) is 5.59. The van der Waals surface area contributed by atoms with Crippen LogP contribution in [-0.2, 0) is 0 Å². The van der Waals surface area contributed by atoms with Crippen molar-refractivity contribution in [3.63, 3.8) is 0 Å². The molecule has 0 atom stereocenters. The standard InChI is InChI=1S/C13H18BrNS/c1-12(2)7-13(8-12,9-15)16-11-5-3-10(14)4-6-11/h3-6H,7-9,15H2,1-2H3. The van der Waals surface area contributed by atoms with Gasteiger partial charge in [0.25, 0.3) is 0 Å². The molecule has 0 radical (unpaired) electrons. The van der Waals surface area contributed by atoms with E-state index in [0.717, 1.165) is 11.0 Å². The van der Waals surface area contributed by atoms with Gasteiger partial charge in [0, 0.05) is 20.7 Å². The monoisotopic (exact) mass is 299 g/mol. The van der Waals surface area contributed by atoms with E-state index >= 15 is 0 Å². The maximum atomic E-state index is 5.94. The molecule has 1 aliphatic carbocycles. The largest absolute Gasteiger partial charge is 0.329 e. The highest BCUT2D eigenvalue weighted by Crippen LogP contribution is 2.56. The van der Waals surface area contributed by atoms with Crippen LogP contribution in [0, 0.1) is 5.41 Å². The molecule has 2 N–H and O–H groups in total. The molecule has 0 bridgehead atoms. The molecule has 1 aromatic carbocycles. The van der Waals surface area contributed by atoms with Crippen LogP contribution in [0.5, 0.6) is 0 Å². The Morgan fingerprint density at radius 3 is 2.25 bits per heavy atom. The molecule has 0 unspecified atom stereocenters. The Morgan fingerprint density at radius 2 is 1.81 bits per heavy atom. The summed E-state index contributed by atoms with van der Waals surface area (Å²) in [6.45, 7) is 5.42. The summed E-state index contributed by atoms with van der Waals surface area (Å²) in [4.78, 5) is 1.32. The predicted octanol–water partition coefficient (Wildman–Crippen LogP) is 4.06. The topological polar surface area (TPSA) is 26.0 Å². The highest BCUT2D eigenvalue weighted by molar-refractivity contribution is 9.10. The zero-order valence-corrected chi connectivity index (χ0v) is 12.2. The molecule has 1 saturated carbocycles. The molecule has 1 aliphatic rings. The van der Waals surface area contributed by atoms with Crippen molar-refractivity contribution in [2.75, 3.05) is 6.54 Å². The van der Waals surface area contributed by atoms with Gasteiger partial charge in [-0.05, 0) is 42.5 Å². The summed E-state index contributed by atoms with van der Waals surface area (Å²) < 4.78 is 1.41. The molecule has 0 spiro atoms. The van der Waals surface area contributed by atoms with Gasteiger partial charge in [-0.2, -0.15) is 0 Å². The minimum absolute atomic E-state index is 0.275. The van der Waals surface area contributed by atoms with Crippen LogP contribution in [0.25, 0.3) is 0 Å². The number of thioether (sulfide) groups is 1. The number of hydrogen-bond donors (Lipinski definition) is 1. The van der Waals surface area contributed by atoms with Crippen molar-refractivity contribution in [2.45, 2.75) is 36.3 Å². The van der Waals surface area contributed by atoms with Crippen LogP contribution in [0.3, 0.4) is 0 Å². The molecule has 1 aromatic rings. The summed E-state index contributed by atoms with van der Waals surface area (Å²) in [5.74, 6) is 0. The van der Waals surface area contributed by atoms with Gasteiger partial charge in [-0.1, -0.05) is 29.8 Å². The first kappa shape index (κ1) is 12.5. The average Bonchev–Trinajstić information content (AvgIpc) is 2.18. The lowest BCUT2D eigenvalue weighted by Crippen LogP contribution is -2.51. The van der Waals surface area contributed by atoms with Crippen LogP contribution in [0.15, 0.2) is 33.6 Å². The third kappa shape index (κ3) is 2.63. The third-order valence-electron chi connectivity index (χ3n) is 3.12. The summed E-state index contributed by atoms with van der Waals surface area (Å²) in [5, 5.41) is 0. The van der Waals surface area contributed by atoms with E-state index in [2.05, 4.69) is 54.0 Å². The van der Waals surface area contributed by atoms with Crippen molar-refractivity contribution in [3.05, 3.63) is 28.7 Å². The fourth-order valence-electron chi connectivity index (χ4n) is 2.70. The summed E-state index contributed by atoms with van der Waals surface area (Å²) in [7, 11) is 0. The van der Waals surface area contributed by atoms with Crippen molar-refractivity contribution in [1.82, 2.24) is 0 Å². The zero-order chi connectivity index (χ0) is 11.8. The lowest BCUT2D eigenvalue weighted by Gasteiger charge is -2.52. The lowest BCUT2D eigenvalue weighted by atomic mass is 9.64. The smallest absolute Gasteiger partial charge is 0.0339 e. The zero-order valence-electron chi connectivity index (χ0n) is 9.79. The molecule has 2 rings (SSSR count). The van der Waals surface area contributed by atoms with Crippen LogP contribution < -0.4 is 5.73 Å². The van der Waals surface area contributed by atoms with E-state index in [4.69, 9.17) is 5.73 Å². The first-order valence-corrected chi connectivity index (χ1v) is 7.20. The Hall–Kier alpha value is 0.01000. The van der Waals surface area contributed by atoms with Crippen molar-refractivity contribution in [3.8, 4) is 0 Å². The molecule has 0 aliphatic heterocycles. The summed E-state index contributed by atoms with van der Waals surface area (Å²) >= 11 is 5.40. The molecule has 0 heterocycles. The molecule has 0 aromatic heterocycles. The van der Waals surface area contributed by atoms with Crippen molar-refractivity contribution < 1.29 is 0 Å². The maximum Gasteiger partial charge on any atom is 0.0339 e. The number of hydrogen-bond acceptors (Lipinski definition) is 2. The molecule has 16 heavy (non-hydrogen) atoms. The van der Waals surface area contributed by atoms with Crippen molar-refractivity contribution in [2.24, 2.45) is 11.1 Å². The van der Waals surface area contributed by atoms with Gasteiger partial charge in [0.2, 0.25) is 0 Å². The minimum Gasteiger partial charge on any atom is -0.329 e. The first-order chi connectivity index (χ1) is 7.45. The maximum absolute atomic E-state index is 5.94. The fourth-order valence-corrected chi connectivity index (χ4v) is 4.75. The van der Waals surface area contributed by atoms with E-state index in [1.807, 2.05) is 11.8 Å². The van der Waals surface area contributed by atoms with Crippen LogP contribution in [0.2, 0.25) is 0 Å². The minimum atomic E-state index is 0.275. The normalized spacial score (nSPS) is 21.5. The molecule has 0 amide bonds. The van der Waals surface area contributed by atoms with Gasteiger partial charge >= 0.3 is 0 Å². The number of halogens is 1. The third-order valence-corrected chi connectivity index (χ3v) is 5.05. The predicted molar refractivity (Wildman–Crippen MR) is 74.8 cm³/mol. The van der Waals surface area contributed by atoms with E-state index in [0.29, 0.717) is 5.41 Å². The van der Waals surface area contributed by atoms with Gasteiger partial charge in [0.05, 0.1) is 0 Å². The highest BCUT2D eigenvalue weighted by Gasteiger charge is 2.48. The number of benzene rings is 1. The van der Waals surface area contributed by atoms with Crippen molar-refractivity contribution in [1.29, 1.82) is 0 Å². The molecular formula is C13H18BrNS. The van der Waals surface area contributed by atoms with Crippen LogP contribution in [0.1, 0.15) is 26.7 Å². The quantitative estimate of drug-likeness (QED) is 0.911. The highest BCUT2D eigenvalue weighted by atomic mass is 79.9. The molecular weight excluding hydrogens is 282 g/mol. The van der Waals surface area contributed by atoms with Gasteiger partial charge in [0.1, 0.15) is 0 Å². The average molecular weight is 300 g/mol. The second-order valence-corrected chi connectivity index (χ2v) is 7.92. The van der Waals surface area contributed by atoms with E-state index in [1.165, 1.54) is 17.7 Å². The molecule has 88 valence electrons. The van der Waals surface area contributed by atoms with Crippen LogP contribution in [-0.4, -0.2) is 11.3 Å². The van der Waals surface area contributed by atoms with Gasteiger partial charge in [-0.25, -0.2) is 0 Å². The van der Waals surface area contributed by atoms with E-state index in [9.17, 15) is 0 Å². The Labute approximate surface area is 110 Å². The van der Waals surface area contributed by atoms with E-state index in [1.54, 1.807) is 0 Å². The summed E-state index contributed by atoms with van der Waals surface area (Å²) in [6, 6.07) is 8.52. The SMILES string of the molecule is CC1(C)CC(CN)(Sc2ccc(Br)cc2)C1. The van der Waals surface area contributed by atoms with Gasteiger partial charge in [-0.3, -0.25) is 0 Å². The molecule has 1 fully saturated rings. The Balaban J connectivity index is 2.06. The van der Waals surface area contributed by atoms with Crippen LogP contribution in [0.4, 0.5) is 0 Å². The number of nitrogens with two attached hydrogens (primary N) is 1. The summed E-state index contributed by atoms with van der Waals surface area (Å²) in [6.07, 6.45) is 2.44. The van der Waals surface area contributed by atoms with Gasteiger partial charge < -0.3 is 5.73 Å². The van der Waals surface area contributed by atoms with Crippen LogP contribution >= 0.6 is 27.7 Å². The van der Waals surface area contributed by atoms with E-state index in [-0.39, 0.29) is 4.75 Å².